The maximum Gasteiger partial charge on any atom is 0.136 e. The predicted molar refractivity (Wildman–Crippen MR) is 228 cm³/mol. The summed E-state index contributed by atoms with van der Waals surface area (Å²) in [5, 5.41) is 4.68. The number of furan rings is 1. The minimum atomic E-state index is 0.903. The molecule has 254 valence electrons. The number of anilines is 3. The van der Waals surface area contributed by atoms with Crippen molar-refractivity contribution >= 4 is 49.8 Å². The van der Waals surface area contributed by atoms with Crippen LogP contribution < -0.4 is 4.90 Å². The zero-order chi connectivity index (χ0) is 35.8. The van der Waals surface area contributed by atoms with E-state index >= 15 is 0 Å². The summed E-state index contributed by atoms with van der Waals surface area (Å²) in [4.78, 5) is 2.32. The van der Waals surface area contributed by atoms with Crippen molar-refractivity contribution in [2.75, 3.05) is 4.90 Å². The highest BCUT2D eigenvalue weighted by molar-refractivity contribution is 6.22. The first kappa shape index (κ1) is 31.6. The number of hydrogen-bond donors (Lipinski definition) is 0. The molecular weight excluding hydrogens is 655 g/mol. The van der Waals surface area contributed by atoms with Crippen molar-refractivity contribution in [3.8, 4) is 44.5 Å². The summed E-state index contributed by atoms with van der Waals surface area (Å²) in [6.45, 7) is 0. The summed E-state index contributed by atoms with van der Waals surface area (Å²) in [5.74, 6) is 0. The number of fused-ring (bicyclic) bond motifs is 5. The second-order valence-corrected chi connectivity index (χ2v) is 13.7. The van der Waals surface area contributed by atoms with Gasteiger partial charge in [-0.1, -0.05) is 158 Å². The van der Waals surface area contributed by atoms with Crippen LogP contribution in [0.4, 0.5) is 17.1 Å². The standard InChI is InChI=1S/C52H35NO/c1-4-12-36(13-5-1)38-20-22-41(23-21-38)48-35-51-52(47-18-10-11-19-50(47)54-51)46-33-28-42(34-49(46)48)40-26-31-45(32-27-40)53(43-16-8-3-9-17-43)44-29-24-39(25-30-44)37-14-6-2-7-15-37/h1-35H. The fourth-order valence-electron chi connectivity index (χ4n) is 7.79. The van der Waals surface area contributed by atoms with Gasteiger partial charge in [0.15, 0.2) is 0 Å². The van der Waals surface area contributed by atoms with E-state index in [2.05, 4.69) is 211 Å². The molecule has 0 aliphatic carbocycles. The highest BCUT2D eigenvalue weighted by atomic mass is 16.3. The molecule has 0 N–H and O–H groups in total. The molecule has 2 nitrogen and oxygen atoms in total. The van der Waals surface area contributed by atoms with Gasteiger partial charge in [0.05, 0.1) is 0 Å². The number of nitrogens with zero attached hydrogens (tertiary/aromatic N) is 1. The van der Waals surface area contributed by atoms with Gasteiger partial charge in [-0.25, -0.2) is 0 Å². The van der Waals surface area contributed by atoms with E-state index in [0.29, 0.717) is 0 Å². The molecule has 2 heteroatoms. The molecule has 10 aromatic rings. The Morgan fingerprint density at radius 2 is 0.722 bits per heavy atom. The Balaban J connectivity index is 1.06. The first-order valence-electron chi connectivity index (χ1n) is 18.4. The van der Waals surface area contributed by atoms with Crippen molar-refractivity contribution in [2.24, 2.45) is 0 Å². The van der Waals surface area contributed by atoms with E-state index in [-0.39, 0.29) is 0 Å². The van der Waals surface area contributed by atoms with E-state index in [4.69, 9.17) is 4.42 Å². The van der Waals surface area contributed by atoms with Crippen LogP contribution in [0.1, 0.15) is 0 Å². The largest absolute Gasteiger partial charge is 0.456 e. The summed E-state index contributed by atoms with van der Waals surface area (Å²) in [5.41, 5.74) is 14.6. The zero-order valence-electron chi connectivity index (χ0n) is 29.6. The van der Waals surface area contributed by atoms with E-state index in [1.54, 1.807) is 0 Å². The van der Waals surface area contributed by atoms with Crippen LogP contribution in [0.3, 0.4) is 0 Å². The summed E-state index contributed by atoms with van der Waals surface area (Å²) in [7, 11) is 0. The number of hydrogen-bond acceptors (Lipinski definition) is 2. The lowest BCUT2D eigenvalue weighted by molar-refractivity contribution is 0.669. The third kappa shape index (κ3) is 5.71. The second kappa shape index (κ2) is 13.4. The number of rotatable bonds is 7. The lowest BCUT2D eigenvalue weighted by atomic mass is 9.91. The fraction of sp³-hybridized carbons (Fsp3) is 0. The molecule has 0 saturated heterocycles. The van der Waals surface area contributed by atoms with Gasteiger partial charge >= 0.3 is 0 Å². The average Bonchev–Trinajstić information content (AvgIpc) is 3.64. The monoisotopic (exact) mass is 689 g/mol. The molecule has 0 aliphatic rings. The first-order chi connectivity index (χ1) is 26.8. The summed E-state index contributed by atoms with van der Waals surface area (Å²) < 4.78 is 6.46. The third-order valence-electron chi connectivity index (χ3n) is 10.5. The van der Waals surface area contributed by atoms with Crippen molar-refractivity contribution in [3.05, 3.63) is 212 Å². The van der Waals surface area contributed by atoms with Gasteiger partial charge in [-0.2, -0.15) is 0 Å². The smallest absolute Gasteiger partial charge is 0.136 e. The molecule has 0 atom stereocenters. The van der Waals surface area contributed by atoms with Crippen LogP contribution in [0, 0.1) is 0 Å². The molecule has 1 aromatic heterocycles. The molecule has 0 aliphatic heterocycles. The van der Waals surface area contributed by atoms with E-state index in [1.807, 2.05) is 6.07 Å². The van der Waals surface area contributed by atoms with Crippen molar-refractivity contribution in [3.63, 3.8) is 0 Å². The van der Waals surface area contributed by atoms with Gasteiger partial charge in [0.25, 0.3) is 0 Å². The van der Waals surface area contributed by atoms with Crippen LogP contribution in [0.5, 0.6) is 0 Å². The summed E-state index contributed by atoms with van der Waals surface area (Å²) in [6, 6.07) is 75.8. The highest BCUT2D eigenvalue weighted by Crippen LogP contribution is 2.42. The van der Waals surface area contributed by atoms with Gasteiger partial charge in [-0.3, -0.25) is 0 Å². The maximum absolute atomic E-state index is 6.46. The Bertz CT molecular complexity index is 2880. The second-order valence-electron chi connectivity index (χ2n) is 13.7. The first-order valence-corrected chi connectivity index (χ1v) is 18.4. The van der Waals surface area contributed by atoms with E-state index in [1.165, 1.54) is 38.6 Å². The molecule has 0 saturated carbocycles. The molecule has 1 heterocycles. The molecule has 54 heavy (non-hydrogen) atoms. The molecule has 0 bridgehead atoms. The SMILES string of the molecule is c1ccc(-c2ccc(-c3cc4oc5ccccc5c4c4ccc(-c5ccc(N(c6ccccc6)c6ccc(-c7ccccc7)cc6)cc5)cc34)cc2)cc1. The summed E-state index contributed by atoms with van der Waals surface area (Å²) >= 11 is 0. The van der Waals surface area contributed by atoms with E-state index < -0.39 is 0 Å². The predicted octanol–water partition coefficient (Wildman–Crippen LogP) is 14.9. The third-order valence-corrected chi connectivity index (χ3v) is 10.5. The number of para-hydroxylation sites is 2. The van der Waals surface area contributed by atoms with Gasteiger partial charge in [-0.05, 0) is 110 Å². The lowest BCUT2D eigenvalue weighted by Crippen LogP contribution is -2.09. The van der Waals surface area contributed by atoms with Crippen LogP contribution in [0.25, 0.3) is 77.2 Å². The molecule has 0 fully saturated rings. The molecule has 10 rings (SSSR count). The molecule has 9 aromatic carbocycles. The quantitative estimate of drug-likeness (QED) is 0.166. The molecule has 0 amide bonds. The minimum Gasteiger partial charge on any atom is -0.456 e. The summed E-state index contributed by atoms with van der Waals surface area (Å²) in [6.07, 6.45) is 0. The minimum absolute atomic E-state index is 0.903. The Morgan fingerprint density at radius 1 is 0.278 bits per heavy atom. The topological polar surface area (TPSA) is 16.4 Å². The average molecular weight is 690 g/mol. The lowest BCUT2D eigenvalue weighted by Gasteiger charge is -2.26. The zero-order valence-corrected chi connectivity index (χ0v) is 29.6. The van der Waals surface area contributed by atoms with Crippen LogP contribution in [0.15, 0.2) is 217 Å². The Labute approximate surface area is 314 Å². The van der Waals surface area contributed by atoms with E-state index in [9.17, 15) is 0 Å². The van der Waals surface area contributed by atoms with Crippen molar-refractivity contribution in [2.45, 2.75) is 0 Å². The molecule has 0 unspecified atom stereocenters. The maximum atomic E-state index is 6.46. The van der Waals surface area contributed by atoms with Gasteiger partial charge in [0.1, 0.15) is 11.2 Å². The Hall–Kier alpha value is -7.16. The molecular formula is C52H35NO. The normalized spacial score (nSPS) is 11.3. The van der Waals surface area contributed by atoms with Crippen molar-refractivity contribution in [1.82, 2.24) is 0 Å². The fourth-order valence-corrected chi connectivity index (χ4v) is 7.79. The van der Waals surface area contributed by atoms with Crippen LogP contribution in [0.2, 0.25) is 0 Å². The van der Waals surface area contributed by atoms with Crippen LogP contribution in [-0.4, -0.2) is 0 Å². The van der Waals surface area contributed by atoms with Gasteiger partial charge in [0.2, 0.25) is 0 Å². The molecule has 0 radical (unpaired) electrons. The van der Waals surface area contributed by atoms with Crippen LogP contribution >= 0.6 is 0 Å². The van der Waals surface area contributed by atoms with Gasteiger partial charge < -0.3 is 9.32 Å². The Kier molecular flexibility index (Phi) is 7.85. The van der Waals surface area contributed by atoms with Crippen LogP contribution in [-0.2, 0) is 0 Å². The van der Waals surface area contributed by atoms with Gasteiger partial charge in [0, 0.05) is 27.8 Å². The Morgan fingerprint density at radius 3 is 1.33 bits per heavy atom. The molecule has 0 spiro atoms. The van der Waals surface area contributed by atoms with Gasteiger partial charge in [-0.15, -0.1) is 0 Å². The highest BCUT2D eigenvalue weighted by Gasteiger charge is 2.17. The van der Waals surface area contributed by atoms with Crippen molar-refractivity contribution < 1.29 is 4.42 Å². The number of benzene rings is 9. The van der Waals surface area contributed by atoms with Crippen molar-refractivity contribution in [1.29, 1.82) is 0 Å². The van der Waals surface area contributed by atoms with E-state index in [0.717, 1.165) is 55.7 Å².